The number of hydrogen-bond acceptors (Lipinski definition) is 5. The molecule has 0 aliphatic rings. The van der Waals surface area contributed by atoms with Gasteiger partial charge in [-0.3, -0.25) is 4.79 Å². The Hall–Kier alpha value is -2.76. The predicted molar refractivity (Wildman–Crippen MR) is 76.7 cm³/mol. The summed E-state index contributed by atoms with van der Waals surface area (Å²) in [7, 11) is 1.32. The lowest BCUT2D eigenvalue weighted by atomic mass is 10.1. The highest BCUT2D eigenvalue weighted by Gasteiger charge is 2.09. The van der Waals surface area contributed by atoms with E-state index in [-0.39, 0.29) is 12.3 Å². The number of primary amides is 1. The average molecular weight is 288 g/mol. The lowest BCUT2D eigenvalue weighted by Crippen LogP contribution is -2.13. The first-order chi connectivity index (χ1) is 10.1. The number of rotatable bonds is 6. The number of amides is 1. The molecule has 0 radical (unpaired) electrons. The standard InChI is InChI=1S/C15H16N2O4/c1-20-15(19)11-7-13(21-9-11)8-17-12-4-2-10(3-5-12)6-14(16)18/h2-5,7,9,17H,6,8H2,1H3,(H2,16,18). The number of hydrogen-bond donors (Lipinski definition) is 2. The summed E-state index contributed by atoms with van der Waals surface area (Å²) in [6.45, 7) is 0.437. The smallest absolute Gasteiger partial charge is 0.341 e. The SMILES string of the molecule is COC(=O)c1coc(CNc2ccc(CC(N)=O)cc2)c1. The average Bonchev–Trinajstić information content (AvgIpc) is 2.94. The lowest BCUT2D eigenvalue weighted by molar-refractivity contribution is -0.117. The molecule has 1 amide bonds. The number of anilines is 1. The highest BCUT2D eigenvalue weighted by atomic mass is 16.5. The van der Waals surface area contributed by atoms with Crippen LogP contribution in [-0.2, 0) is 22.5 Å². The molecule has 6 nitrogen and oxygen atoms in total. The van der Waals surface area contributed by atoms with Crippen molar-refractivity contribution < 1.29 is 18.7 Å². The van der Waals surface area contributed by atoms with E-state index in [9.17, 15) is 9.59 Å². The number of ether oxygens (including phenoxy) is 1. The van der Waals surface area contributed by atoms with Crippen LogP contribution in [0, 0.1) is 0 Å². The van der Waals surface area contributed by atoms with Crippen LogP contribution in [0.4, 0.5) is 5.69 Å². The fraction of sp³-hybridized carbons (Fsp3) is 0.200. The normalized spacial score (nSPS) is 10.1. The minimum atomic E-state index is -0.430. The highest BCUT2D eigenvalue weighted by Crippen LogP contribution is 2.14. The molecule has 0 atom stereocenters. The number of nitrogens with one attached hydrogen (secondary N) is 1. The van der Waals surface area contributed by atoms with Gasteiger partial charge in [-0.1, -0.05) is 12.1 Å². The van der Waals surface area contributed by atoms with E-state index >= 15 is 0 Å². The molecule has 0 aliphatic carbocycles. The van der Waals surface area contributed by atoms with Gasteiger partial charge >= 0.3 is 5.97 Å². The maximum atomic E-state index is 11.3. The molecule has 0 aliphatic heterocycles. The number of methoxy groups -OCH3 is 1. The number of benzene rings is 1. The molecule has 3 N–H and O–H groups in total. The lowest BCUT2D eigenvalue weighted by Gasteiger charge is -2.05. The third-order valence-electron chi connectivity index (χ3n) is 2.87. The molecule has 1 heterocycles. The molecule has 21 heavy (non-hydrogen) atoms. The van der Waals surface area contributed by atoms with Gasteiger partial charge in [0.05, 0.1) is 25.6 Å². The van der Waals surface area contributed by atoms with E-state index in [1.807, 2.05) is 24.3 Å². The molecule has 0 fully saturated rings. The van der Waals surface area contributed by atoms with Gasteiger partial charge in [0.2, 0.25) is 5.91 Å². The Morgan fingerprint density at radius 2 is 2.00 bits per heavy atom. The summed E-state index contributed by atoms with van der Waals surface area (Å²) >= 11 is 0. The van der Waals surface area contributed by atoms with Crippen molar-refractivity contribution in [1.82, 2.24) is 0 Å². The Morgan fingerprint density at radius 3 is 2.62 bits per heavy atom. The van der Waals surface area contributed by atoms with Gasteiger partial charge in [0.1, 0.15) is 12.0 Å². The topological polar surface area (TPSA) is 94.6 Å². The van der Waals surface area contributed by atoms with E-state index in [0.29, 0.717) is 17.9 Å². The maximum Gasteiger partial charge on any atom is 0.341 e. The van der Waals surface area contributed by atoms with E-state index in [1.165, 1.54) is 13.4 Å². The first-order valence-corrected chi connectivity index (χ1v) is 6.35. The third kappa shape index (κ3) is 4.10. The molecule has 0 unspecified atom stereocenters. The Labute approximate surface area is 121 Å². The van der Waals surface area contributed by atoms with Gasteiger partial charge in [0.25, 0.3) is 0 Å². The second kappa shape index (κ2) is 6.60. The van der Waals surface area contributed by atoms with Crippen molar-refractivity contribution in [3.05, 3.63) is 53.5 Å². The van der Waals surface area contributed by atoms with Gasteiger partial charge in [-0.15, -0.1) is 0 Å². The zero-order chi connectivity index (χ0) is 15.2. The van der Waals surface area contributed by atoms with Crippen LogP contribution >= 0.6 is 0 Å². The van der Waals surface area contributed by atoms with Gasteiger partial charge in [-0.25, -0.2) is 4.79 Å². The summed E-state index contributed by atoms with van der Waals surface area (Å²) in [4.78, 5) is 22.1. The summed E-state index contributed by atoms with van der Waals surface area (Å²) in [5.74, 6) is -0.168. The monoisotopic (exact) mass is 288 g/mol. The van der Waals surface area contributed by atoms with Crippen molar-refractivity contribution >= 4 is 17.6 Å². The summed E-state index contributed by atoms with van der Waals surface area (Å²) in [6, 6.07) is 8.98. The number of carbonyl (C=O) groups excluding carboxylic acids is 2. The fourth-order valence-electron chi connectivity index (χ4n) is 1.83. The second-order valence-corrected chi connectivity index (χ2v) is 4.49. The molecular weight excluding hydrogens is 272 g/mol. The molecule has 0 bridgehead atoms. The van der Waals surface area contributed by atoms with Crippen LogP contribution in [0.25, 0.3) is 0 Å². The molecule has 0 saturated heterocycles. The number of nitrogens with two attached hydrogens (primary N) is 1. The predicted octanol–water partition coefficient (Wildman–Crippen LogP) is 1.71. The van der Waals surface area contributed by atoms with Crippen molar-refractivity contribution in [3.8, 4) is 0 Å². The summed E-state index contributed by atoms with van der Waals surface area (Å²) in [5.41, 5.74) is 7.25. The Morgan fingerprint density at radius 1 is 1.29 bits per heavy atom. The van der Waals surface area contributed by atoms with Gasteiger partial charge in [-0.05, 0) is 23.8 Å². The van der Waals surface area contributed by atoms with Gasteiger partial charge < -0.3 is 20.2 Å². The Kier molecular flexibility index (Phi) is 4.61. The minimum absolute atomic E-state index is 0.223. The van der Waals surface area contributed by atoms with Crippen LogP contribution in [0.5, 0.6) is 0 Å². The summed E-state index contributed by atoms with van der Waals surface area (Å²) in [5, 5.41) is 3.15. The van der Waals surface area contributed by atoms with Gasteiger partial charge in [0, 0.05) is 5.69 Å². The van der Waals surface area contributed by atoms with E-state index in [1.54, 1.807) is 6.07 Å². The van der Waals surface area contributed by atoms with E-state index in [2.05, 4.69) is 10.1 Å². The highest BCUT2D eigenvalue weighted by molar-refractivity contribution is 5.89. The molecule has 6 heteroatoms. The van der Waals surface area contributed by atoms with Crippen LogP contribution in [-0.4, -0.2) is 19.0 Å². The van der Waals surface area contributed by atoms with Crippen molar-refractivity contribution in [1.29, 1.82) is 0 Å². The van der Waals surface area contributed by atoms with E-state index < -0.39 is 5.97 Å². The van der Waals surface area contributed by atoms with Crippen molar-refractivity contribution in [2.24, 2.45) is 5.73 Å². The minimum Gasteiger partial charge on any atom is -0.467 e. The molecular formula is C15H16N2O4. The van der Waals surface area contributed by atoms with Crippen LogP contribution in [0.3, 0.4) is 0 Å². The molecule has 1 aromatic carbocycles. The van der Waals surface area contributed by atoms with Crippen LogP contribution in [0.2, 0.25) is 0 Å². The zero-order valence-corrected chi connectivity index (χ0v) is 11.6. The van der Waals surface area contributed by atoms with Gasteiger partial charge in [0.15, 0.2) is 0 Å². The maximum absolute atomic E-state index is 11.3. The Balaban J connectivity index is 1.92. The first kappa shape index (κ1) is 14.6. The van der Waals surface area contributed by atoms with E-state index in [0.717, 1.165) is 11.3 Å². The van der Waals surface area contributed by atoms with Gasteiger partial charge in [-0.2, -0.15) is 0 Å². The van der Waals surface area contributed by atoms with Crippen molar-refractivity contribution in [3.63, 3.8) is 0 Å². The molecule has 0 spiro atoms. The van der Waals surface area contributed by atoms with Crippen molar-refractivity contribution in [2.45, 2.75) is 13.0 Å². The molecule has 0 saturated carbocycles. The Bertz CT molecular complexity index is 631. The number of furan rings is 1. The largest absolute Gasteiger partial charge is 0.467 e. The molecule has 110 valence electrons. The molecule has 1 aromatic heterocycles. The molecule has 2 rings (SSSR count). The third-order valence-corrected chi connectivity index (χ3v) is 2.87. The summed E-state index contributed by atoms with van der Waals surface area (Å²) in [6.07, 6.45) is 1.58. The first-order valence-electron chi connectivity index (χ1n) is 6.35. The van der Waals surface area contributed by atoms with Crippen LogP contribution in [0.15, 0.2) is 41.0 Å². The quantitative estimate of drug-likeness (QED) is 0.789. The van der Waals surface area contributed by atoms with Crippen LogP contribution in [0.1, 0.15) is 21.7 Å². The van der Waals surface area contributed by atoms with Crippen LogP contribution < -0.4 is 11.1 Å². The summed E-state index contributed by atoms with van der Waals surface area (Å²) < 4.78 is 9.86. The number of carbonyl (C=O) groups is 2. The second-order valence-electron chi connectivity index (χ2n) is 4.49. The molecule has 2 aromatic rings. The number of esters is 1. The zero-order valence-electron chi connectivity index (χ0n) is 11.6. The van der Waals surface area contributed by atoms with Crippen molar-refractivity contribution in [2.75, 3.05) is 12.4 Å². The fourth-order valence-corrected chi connectivity index (χ4v) is 1.83. The van der Waals surface area contributed by atoms with E-state index in [4.69, 9.17) is 10.2 Å².